The van der Waals surface area contributed by atoms with Crippen molar-refractivity contribution in [3.8, 4) is 0 Å². The Hall–Kier alpha value is -2.03. The normalized spacial score (nSPS) is 13.4. The summed E-state index contributed by atoms with van der Waals surface area (Å²) in [4.78, 5) is 42.9. The van der Waals surface area contributed by atoms with Crippen LogP contribution in [0.2, 0.25) is 0 Å². The fraction of sp³-hybridized carbons (Fsp3) is 0.787. The van der Waals surface area contributed by atoms with E-state index in [0.717, 1.165) is 57.8 Å². The summed E-state index contributed by atoms with van der Waals surface area (Å²) in [6.07, 6.45) is 49.8. The van der Waals surface area contributed by atoms with E-state index >= 15 is 0 Å². The number of rotatable bonds is 42. The zero-order valence-electron chi connectivity index (χ0n) is 36.3. The molecular weight excluding hydrogens is 739 g/mol. The van der Waals surface area contributed by atoms with E-state index in [9.17, 15) is 19.3 Å². The van der Waals surface area contributed by atoms with E-state index in [1.54, 1.807) is 0 Å². The molecule has 0 radical (unpaired) electrons. The van der Waals surface area contributed by atoms with Gasteiger partial charge in [-0.15, -0.1) is 0 Å². The SMILES string of the molecule is CCCCCCCCCCCCCCCCCCCCCCCC(=O)O[C@H](COC(=O)CCC/C=C\C/C=C\C/C=C\C/C=C\CCC[C@@H](C)O)COP(=O)(O)O. The molecular formula is C47H85O9P. The summed E-state index contributed by atoms with van der Waals surface area (Å²) in [5.74, 6) is -0.960. The van der Waals surface area contributed by atoms with Crippen LogP contribution in [0.1, 0.15) is 213 Å². The van der Waals surface area contributed by atoms with Gasteiger partial charge in [-0.25, -0.2) is 4.57 Å². The number of aliphatic hydroxyl groups is 1. The molecule has 0 saturated heterocycles. The highest BCUT2D eigenvalue weighted by molar-refractivity contribution is 7.46. The molecule has 0 bridgehead atoms. The second-order valence-corrected chi connectivity index (χ2v) is 16.9. The van der Waals surface area contributed by atoms with Gasteiger partial charge in [-0.1, -0.05) is 184 Å². The van der Waals surface area contributed by atoms with Crippen molar-refractivity contribution in [1.29, 1.82) is 0 Å². The molecule has 9 nitrogen and oxygen atoms in total. The Morgan fingerprint density at radius 1 is 0.526 bits per heavy atom. The summed E-state index contributed by atoms with van der Waals surface area (Å²) in [6, 6.07) is 0. The first-order valence-electron chi connectivity index (χ1n) is 23.0. The number of aliphatic hydroxyl groups excluding tert-OH is 1. The van der Waals surface area contributed by atoms with Gasteiger partial charge in [0, 0.05) is 12.8 Å². The van der Waals surface area contributed by atoms with Gasteiger partial charge in [0.1, 0.15) is 6.61 Å². The summed E-state index contributed by atoms with van der Waals surface area (Å²) < 4.78 is 26.4. The lowest BCUT2D eigenvalue weighted by Crippen LogP contribution is -2.29. The van der Waals surface area contributed by atoms with Crippen molar-refractivity contribution in [2.75, 3.05) is 13.2 Å². The zero-order chi connectivity index (χ0) is 41.9. The smallest absolute Gasteiger partial charge is 0.462 e. The highest BCUT2D eigenvalue weighted by Crippen LogP contribution is 2.36. The highest BCUT2D eigenvalue weighted by Gasteiger charge is 2.22. The number of carbonyl (C=O) groups excluding carboxylic acids is 2. The Kier molecular flexibility index (Phi) is 40.6. The molecule has 0 aromatic carbocycles. The van der Waals surface area contributed by atoms with Gasteiger partial charge in [0.25, 0.3) is 0 Å². The zero-order valence-corrected chi connectivity index (χ0v) is 37.2. The second kappa shape index (κ2) is 42.1. The Morgan fingerprint density at radius 2 is 0.912 bits per heavy atom. The summed E-state index contributed by atoms with van der Waals surface area (Å²) in [6.45, 7) is 3.21. The molecule has 0 rings (SSSR count). The average molecular weight is 825 g/mol. The fourth-order valence-corrected chi connectivity index (χ4v) is 6.81. The van der Waals surface area contributed by atoms with Crippen LogP contribution in [0.5, 0.6) is 0 Å². The van der Waals surface area contributed by atoms with Gasteiger partial charge in [0.2, 0.25) is 0 Å². The van der Waals surface area contributed by atoms with Crippen molar-refractivity contribution >= 4 is 19.8 Å². The van der Waals surface area contributed by atoms with Crippen molar-refractivity contribution in [3.05, 3.63) is 48.6 Å². The predicted octanol–water partition coefficient (Wildman–Crippen LogP) is 13.3. The van der Waals surface area contributed by atoms with Crippen LogP contribution in [-0.4, -0.2) is 52.3 Å². The molecule has 0 aromatic rings. The van der Waals surface area contributed by atoms with Crippen molar-refractivity contribution < 1.29 is 43.0 Å². The van der Waals surface area contributed by atoms with Crippen LogP contribution in [-0.2, 0) is 28.2 Å². The Bertz CT molecular complexity index is 1080. The minimum atomic E-state index is -4.78. The predicted molar refractivity (Wildman–Crippen MR) is 236 cm³/mol. The maximum absolute atomic E-state index is 12.4. The third-order valence-corrected chi connectivity index (χ3v) is 10.4. The number of unbranched alkanes of at least 4 members (excludes halogenated alkanes) is 22. The molecule has 0 amide bonds. The number of ether oxygens (including phenoxy) is 2. The Morgan fingerprint density at radius 3 is 1.33 bits per heavy atom. The molecule has 10 heteroatoms. The lowest BCUT2D eigenvalue weighted by molar-refractivity contribution is -0.161. The lowest BCUT2D eigenvalue weighted by Gasteiger charge is -2.18. The average Bonchev–Trinajstić information content (AvgIpc) is 3.17. The van der Waals surface area contributed by atoms with Crippen LogP contribution in [0.3, 0.4) is 0 Å². The van der Waals surface area contributed by atoms with Gasteiger partial charge in [0.05, 0.1) is 12.7 Å². The van der Waals surface area contributed by atoms with Gasteiger partial charge in [-0.2, -0.15) is 0 Å². The number of esters is 2. The minimum absolute atomic E-state index is 0.180. The van der Waals surface area contributed by atoms with E-state index in [2.05, 4.69) is 54.0 Å². The molecule has 332 valence electrons. The number of hydrogen-bond acceptors (Lipinski definition) is 7. The van der Waals surface area contributed by atoms with Crippen LogP contribution in [0, 0.1) is 0 Å². The van der Waals surface area contributed by atoms with E-state index < -0.39 is 32.5 Å². The van der Waals surface area contributed by atoms with E-state index in [0.29, 0.717) is 19.3 Å². The van der Waals surface area contributed by atoms with E-state index in [-0.39, 0.29) is 25.6 Å². The van der Waals surface area contributed by atoms with Crippen LogP contribution in [0.25, 0.3) is 0 Å². The summed E-state index contributed by atoms with van der Waals surface area (Å²) in [5.41, 5.74) is 0. The number of phosphoric ester groups is 1. The third kappa shape index (κ3) is 46.5. The number of carbonyl (C=O) groups is 2. The molecule has 0 heterocycles. The maximum Gasteiger partial charge on any atom is 0.469 e. The minimum Gasteiger partial charge on any atom is -0.462 e. The molecule has 0 aliphatic rings. The van der Waals surface area contributed by atoms with Crippen molar-refractivity contribution in [2.24, 2.45) is 0 Å². The highest BCUT2D eigenvalue weighted by atomic mass is 31.2. The first kappa shape index (κ1) is 55.0. The first-order chi connectivity index (χ1) is 27.6. The molecule has 0 spiro atoms. The molecule has 0 unspecified atom stereocenters. The first-order valence-corrected chi connectivity index (χ1v) is 24.5. The number of phosphoric acid groups is 1. The van der Waals surface area contributed by atoms with Crippen molar-refractivity contribution in [2.45, 2.75) is 225 Å². The van der Waals surface area contributed by atoms with Gasteiger partial charge in [0.15, 0.2) is 6.10 Å². The van der Waals surface area contributed by atoms with Crippen molar-refractivity contribution in [1.82, 2.24) is 0 Å². The lowest BCUT2D eigenvalue weighted by atomic mass is 10.0. The molecule has 0 saturated carbocycles. The summed E-state index contributed by atoms with van der Waals surface area (Å²) in [5, 5.41) is 9.26. The van der Waals surface area contributed by atoms with Crippen LogP contribution >= 0.6 is 7.82 Å². The maximum atomic E-state index is 12.4. The summed E-state index contributed by atoms with van der Waals surface area (Å²) >= 11 is 0. The van der Waals surface area contributed by atoms with E-state index in [4.69, 9.17) is 19.3 Å². The molecule has 57 heavy (non-hydrogen) atoms. The van der Waals surface area contributed by atoms with Crippen LogP contribution in [0.15, 0.2) is 48.6 Å². The summed E-state index contributed by atoms with van der Waals surface area (Å²) in [7, 11) is -4.78. The van der Waals surface area contributed by atoms with Crippen LogP contribution < -0.4 is 0 Å². The van der Waals surface area contributed by atoms with Gasteiger partial charge in [-0.05, 0) is 64.7 Å². The molecule has 3 N–H and O–H groups in total. The molecule has 0 aromatic heterocycles. The molecule has 2 atom stereocenters. The van der Waals surface area contributed by atoms with E-state index in [1.807, 2.05) is 13.0 Å². The third-order valence-electron chi connectivity index (χ3n) is 9.87. The Labute approximate surface area is 348 Å². The second-order valence-electron chi connectivity index (χ2n) is 15.7. The standard InChI is InChI=1S/C47H85O9P/c1-3-4-5-6-7-8-9-10-11-12-13-14-15-16-19-23-26-29-32-35-38-41-47(50)56-45(43-55-57(51,52)53)42-54-46(49)40-37-34-31-28-25-22-20-17-18-21-24-27-30-33-36-39-44(2)48/h18,20-22,27-28,30-31,44-45,48H,3-17,19,23-26,29,32-43H2,1-2H3,(H2,51,52,53)/b21-18-,22-20-,30-27-,31-28-/t44-,45-/m1/s1. The van der Waals surface area contributed by atoms with Gasteiger partial charge < -0.3 is 24.4 Å². The molecule has 0 aliphatic carbocycles. The largest absolute Gasteiger partial charge is 0.469 e. The van der Waals surface area contributed by atoms with Crippen molar-refractivity contribution in [3.63, 3.8) is 0 Å². The Balaban J connectivity index is 3.93. The molecule has 0 aliphatic heterocycles. The monoisotopic (exact) mass is 825 g/mol. The number of hydrogen-bond donors (Lipinski definition) is 3. The number of allylic oxidation sites excluding steroid dienone is 8. The van der Waals surface area contributed by atoms with Crippen LogP contribution in [0.4, 0.5) is 0 Å². The fourth-order valence-electron chi connectivity index (χ4n) is 6.44. The molecule has 0 fully saturated rings. The topological polar surface area (TPSA) is 140 Å². The quantitative estimate of drug-likeness (QED) is 0.0237. The van der Waals surface area contributed by atoms with Gasteiger partial charge in [-0.3, -0.25) is 14.1 Å². The van der Waals surface area contributed by atoms with Gasteiger partial charge >= 0.3 is 19.8 Å². The van der Waals surface area contributed by atoms with E-state index in [1.165, 1.54) is 109 Å².